The van der Waals surface area contributed by atoms with Crippen LogP contribution in [0.15, 0.2) is 40.9 Å². The fourth-order valence-electron chi connectivity index (χ4n) is 2.67. The second kappa shape index (κ2) is 4.35. The van der Waals surface area contributed by atoms with E-state index >= 15 is 0 Å². The number of anilines is 1. The molecule has 3 rings (SSSR count). The van der Waals surface area contributed by atoms with E-state index in [1.54, 1.807) is 6.07 Å². The van der Waals surface area contributed by atoms with E-state index in [1.807, 2.05) is 30.4 Å². The normalized spacial score (nSPS) is 26.6. The summed E-state index contributed by atoms with van der Waals surface area (Å²) in [6.07, 6.45) is 5.35. The summed E-state index contributed by atoms with van der Waals surface area (Å²) in [6, 6.07) is 7.34. The third-order valence-electron chi connectivity index (χ3n) is 3.60. The molecule has 2 aliphatic rings. The topological polar surface area (TPSA) is 37.4 Å². The molecule has 1 fully saturated rings. The zero-order valence-corrected chi connectivity index (χ0v) is 11.3. The molecule has 0 radical (unpaired) electrons. The van der Waals surface area contributed by atoms with Gasteiger partial charge >= 0.3 is 0 Å². The summed E-state index contributed by atoms with van der Waals surface area (Å²) < 4.78 is 0.776. The summed E-state index contributed by atoms with van der Waals surface area (Å²) in [5, 5.41) is 0. The van der Waals surface area contributed by atoms with Gasteiger partial charge in [-0.25, -0.2) is 4.90 Å². The Balaban J connectivity index is 2.02. The van der Waals surface area contributed by atoms with E-state index in [0.717, 1.165) is 4.47 Å². The highest BCUT2D eigenvalue weighted by atomic mass is 79.9. The number of hydrogen-bond acceptors (Lipinski definition) is 2. The van der Waals surface area contributed by atoms with E-state index in [9.17, 15) is 9.59 Å². The molecule has 4 heteroatoms. The highest BCUT2D eigenvalue weighted by molar-refractivity contribution is 9.10. The Kier molecular flexibility index (Phi) is 2.82. The van der Waals surface area contributed by atoms with Gasteiger partial charge in [0.2, 0.25) is 11.8 Å². The molecule has 1 aliphatic heterocycles. The van der Waals surface area contributed by atoms with Crippen molar-refractivity contribution in [3.63, 3.8) is 0 Å². The number of imide groups is 1. The van der Waals surface area contributed by atoms with Gasteiger partial charge < -0.3 is 0 Å². The number of carbonyl (C=O) groups is 2. The van der Waals surface area contributed by atoms with Gasteiger partial charge in [-0.05, 0) is 40.9 Å². The van der Waals surface area contributed by atoms with Gasteiger partial charge in [0, 0.05) is 4.47 Å². The summed E-state index contributed by atoms with van der Waals surface area (Å²) in [4.78, 5) is 26.0. The molecule has 1 aliphatic carbocycles. The molecular weight excluding hydrogens is 294 g/mol. The van der Waals surface area contributed by atoms with Gasteiger partial charge in [-0.2, -0.15) is 0 Å². The molecule has 3 nitrogen and oxygen atoms in total. The number of benzene rings is 1. The van der Waals surface area contributed by atoms with E-state index in [1.165, 1.54) is 4.90 Å². The molecule has 2 atom stereocenters. The van der Waals surface area contributed by atoms with Gasteiger partial charge in [-0.1, -0.05) is 24.3 Å². The van der Waals surface area contributed by atoms with Crippen LogP contribution in [0, 0.1) is 11.8 Å². The third-order valence-corrected chi connectivity index (χ3v) is 4.27. The Morgan fingerprint density at radius 1 is 1.00 bits per heavy atom. The van der Waals surface area contributed by atoms with Crippen molar-refractivity contribution in [2.45, 2.75) is 12.8 Å². The molecule has 18 heavy (non-hydrogen) atoms. The molecule has 92 valence electrons. The molecular formula is C14H12BrNO2. The summed E-state index contributed by atoms with van der Waals surface area (Å²) >= 11 is 3.40. The van der Waals surface area contributed by atoms with Crippen molar-refractivity contribution in [1.82, 2.24) is 0 Å². The third kappa shape index (κ3) is 1.63. The van der Waals surface area contributed by atoms with Crippen LogP contribution in [-0.2, 0) is 9.59 Å². The van der Waals surface area contributed by atoms with Crippen LogP contribution in [0.3, 0.4) is 0 Å². The van der Waals surface area contributed by atoms with Crippen molar-refractivity contribution < 1.29 is 9.59 Å². The van der Waals surface area contributed by atoms with Gasteiger partial charge in [0.15, 0.2) is 0 Å². The Morgan fingerprint density at radius 2 is 1.56 bits per heavy atom. The average molecular weight is 306 g/mol. The van der Waals surface area contributed by atoms with Gasteiger partial charge in [-0.3, -0.25) is 9.59 Å². The Labute approximate surface area is 114 Å². The molecule has 0 saturated carbocycles. The summed E-state index contributed by atoms with van der Waals surface area (Å²) in [7, 11) is 0. The molecule has 2 amide bonds. The number of hydrogen-bond donors (Lipinski definition) is 0. The first kappa shape index (κ1) is 11.7. The van der Waals surface area contributed by atoms with Crippen molar-refractivity contribution in [2.24, 2.45) is 11.8 Å². The van der Waals surface area contributed by atoms with E-state index in [4.69, 9.17) is 0 Å². The second-order valence-electron chi connectivity index (χ2n) is 4.62. The van der Waals surface area contributed by atoms with Crippen LogP contribution in [0.5, 0.6) is 0 Å². The standard InChI is InChI=1S/C14H12BrNO2/c15-11-7-3-4-8-12(11)16-13(17)9-5-1-2-6-10(9)14(16)18/h1-4,7-10H,5-6H2/t9-,10+. The van der Waals surface area contributed by atoms with Gasteiger partial charge in [0.1, 0.15) is 0 Å². The largest absolute Gasteiger partial charge is 0.274 e. The number of amides is 2. The Bertz CT molecular complexity index is 526. The monoisotopic (exact) mass is 305 g/mol. The first-order chi connectivity index (χ1) is 8.70. The maximum Gasteiger partial charge on any atom is 0.238 e. The van der Waals surface area contributed by atoms with Crippen LogP contribution in [0.25, 0.3) is 0 Å². The number of halogens is 1. The lowest BCUT2D eigenvalue weighted by Crippen LogP contribution is -2.31. The van der Waals surface area contributed by atoms with Gasteiger partial charge in [0.25, 0.3) is 0 Å². The van der Waals surface area contributed by atoms with E-state index in [0.29, 0.717) is 18.5 Å². The molecule has 0 bridgehead atoms. The van der Waals surface area contributed by atoms with E-state index in [-0.39, 0.29) is 23.7 Å². The summed E-state index contributed by atoms with van der Waals surface area (Å²) in [5.41, 5.74) is 0.655. The van der Waals surface area contributed by atoms with Crippen LogP contribution in [0.2, 0.25) is 0 Å². The van der Waals surface area contributed by atoms with E-state index in [2.05, 4.69) is 15.9 Å². The van der Waals surface area contributed by atoms with Gasteiger partial charge in [-0.15, -0.1) is 0 Å². The molecule has 0 spiro atoms. The lowest BCUT2D eigenvalue weighted by molar-refractivity contribution is -0.122. The first-order valence-electron chi connectivity index (χ1n) is 5.97. The first-order valence-corrected chi connectivity index (χ1v) is 6.77. The highest BCUT2D eigenvalue weighted by Gasteiger charge is 2.48. The molecule has 1 saturated heterocycles. The Morgan fingerprint density at radius 3 is 2.11 bits per heavy atom. The quantitative estimate of drug-likeness (QED) is 0.591. The number of allylic oxidation sites excluding steroid dienone is 2. The Hall–Kier alpha value is -1.42. The van der Waals surface area contributed by atoms with Crippen molar-refractivity contribution >= 4 is 33.4 Å². The average Bonchev–Trinajstić information content (AvgIpc) is 2.64. The zero-order chi connectivity index (χ0) is 12.7. The van der Waals surface area contributed by atoms with Crippen LogP contribution in [0.4, 0.5) is 5.69 Å². The second-order valence-corrected chi connectivity index (χ2v) is 5.47. The lowest BCUT2D eigenvalue weighted by atomic mass is 9.85. The van der Waals surface area contributed by atoms with Crippen LogP contribution in [0.1, 0.15) is 12.8 Å². The number of carbonyl (C=O) groups excluding carboxylic acids is 2. The minimum absolute atomic E-state index is 0.0683. The summed E-state index contributed by atoms with van der Waals surface area (Å²) in [5.74, 6) is -0.480. The molecule has 0 aromatic heterocycles. The molecule has 1 aromatic carbocycles. The van der Waals surface area contributed by atoms with Crippen LogP contribution >= 0.6 is 15.9 Å². The fraction of sp³-hybridized carbons (Fsp3) is 0.286. The predicted molar refractivity (Wildman–Crippen MR) is 72.0 cm³/mol. The fourth-order valence-corrected chi connectivity index (χ4v) is 3.13. The minimum atomic E-state index is -0.172. The maximum atomic E-state index is 12.4. The molecule has 0 unspecified atom stereocenters. The molecule has 1 heterocycles. The van der Waals surface area contributed by atoms with Crippen molar-refractivity contribution in [1.29, 1.82) is 0 Å². The van der Waals surface area contributed by atoms with Crippen molar-refractivity contribution in [3.05, 3.63) is 40.9 Å². The number of rotatable bonds is 1. The molecule has 0 N–H and O–H groups in total. The van der Waals surface area contributed by atoms with Crippen molar-refractivity contribution in [3.8, 4) is 0 Å². The number of nitrogens with zero attached hydrogens (tertiary/aromatic N) is 1. The van der Waals surface area contributed by atoms with Crippen LogP contribution < -0.4 is 4.90 Å². The number of fused-ring (bicyclic) bond motifs is 1. The zero-order valence-electron chi connectivity index (χ0n) is 9.67. The maximum absolute atomic E-state index is 12.4. The SMILES string of the molecule is O=C1[C@H]2CC=CC[C@H]2C(=O)N1c1ccccc1Br. The van der Waals surface area contributed by atoms with Crippen molar-refractivity contribution in [2.75, 3.05) is 4.90 Å². The van der Waals surface area contributed by atoms with E-state index < -0.39 is 0 Å². The highest BCUT2D eigenvalue weighted by Crippen LogP contribution is 2.39. The summed E-state index contributed by atoms with van der Waals surface area (Å²) in [6.45, 7) is 0. The predicted octanol–water partition coefficient (Wildman–Crippen LogP) is 2.90. The molecule has 1 aromatic rings. The number of para-hydroxylation sites is 1. The van der Waals surface area contributed by atoms with Crippen LogP contribution in [-0.4, -0.2) is 11.8 Å². The smallest absolute Gasteiger partial charge is 0.238 e. The van der Waals surface area contributed by atoms with Gasteiger partial charge in [0.05, 0.1) is 17.5 Å². The lowest BCUT2D eigenvalue weighted by Gasteiger charge is -2.16. The minimum Gasteiger partial charge on any atom is -0.274 e.